The van der Waals surface area contributed by atoms with E-state index in [0.29, 0.717) is 0 Å². The third-order valence-electron chi connectivity index (χ3n) is 1.39. The first kappa shape index (κ1) is 11.3. The van der Waals surface area contributed by atoms with E-state index in [-0.39, 0.29) is 10.3 Å². The maximum absolute atomic E-state index is 12.2. The Morgan fingerprint density at radius 3 is 2.36 bits per heavy atom. The van der Waals surface area contributed by atoms with Gasteiger partial charge in [-0.05, 0) is 41.4 Å². The zero-order valence-corrected chi connectivity index (χ0v) is 8.16. The Hall–Kier alpha value is -0.740. The molecule has 0 spiro atoms. The van der Waals surface area contributed by atoms with Crippen LogP contribution in [0.2, 0.25) is 0 Å². The van der Waals surface area contributed by atoms with Gasteiger partial charge in [0, 0.05) is 0 Å². The summed E-state index contributed by atoms with van der Waals surface area (Å²) >= 11 is 10.4. The summed E-state index contributed by atoms with van der Waals surface area (Å²) in [6.07, 6.45) is -4.38. The second-order valence-electron chi connectivity index (χ2n) is 2.40. The molecule has 14 heavy (non-hydrogen) atoms. The van der Waals surface area contributed by atoms with Crippen molar-refractivity contribution in [1.82, 2.24) is 0 Å². The lowest BCUT2D eigenvalue weighted by molar-refractivity contribution is -0.137. The van der Waals surface area contributed by atoms with E-state index in [4.69, 9.17) is 23.2 Å². The van der Waals surface area contributed by atoms with Crippen molar-refractivity contribution in [2.45, 2.75) is 6.18 Å². The topological polar surface area (TPSA) is 12.4 Å². The second kappa shape index (κ2) is 4.19. The Balaban J connectivity index is 3.08. The Labute approximate surface area is 88.2 Å². The maximum atomic E-state index is 12.2. The Kier molecular flexibility index (Phi) is 3.39. The van der Waals surface area contributed by atoms with Crippen LogP contribution < -0.4 is 0 Å². The van der Waals surface area contributed by atoms with E-state index >= 15 is 0 Å². The van der Waals surface area contributed by atoms with Gasteiger partial charge in [0.15, 0.2) is 4.63 Å². The van der Waals surface area contributed by atoms with Crippen LogP contribution in [-0.2, 0) is 6.18 Å². The average Bonchev–Trinajstić information content (AvgIpc) is 2.01. The molecular formula is C8H4Cl2F3N. The first-order chi connectivity index (χ1) is 6.39. The molecule has 0 amide bonds. The van der Waals surface area contributed by atoms with Crippen LogP contribution in [-0.4, -0.2) is 4.63 Å². The normalized spacial score (nSPS) is 11.2. The fourth-order valence-corrected chi connectivity index (χ4v) is 1.04. The molecule has 1 nitrogen and oxygen atoms in total. The number of hydrogen-bond donors (Lipinski definition) is 0. The van der Waals surface area contributed by atoms with Crippen LogP contribution in [0.4, 0.5) is 18.9 Å². The van der Waals surface area contributed by atoms with Crippen molar-refractivity contribution in [2.75, 3.05) is 0 Å². The first-order valence-electron chi connectivity index (χ1n) is 3.46. The molecule has 1 aromatic rings. The lowest BCUT2D eigenvalue weighted by atomic mass is 10.2. The number of aliphatic imine (C=N–C) groups is 1. The van der Waals surface area contributed by atoms with Crippen LogP contribution in [0.5, 0.6) is 0 Å². The zero-order valence-electron chi connectivity index (χ0n) is 6.65. The van der Waals surface area contributed by atoms with E-state index in [1.54, 1.807) is 0 Å². The third-order valence-corrected chi connectivity index (χ3v) is 1.56. The highest BCUT2D eigenvalue weighted by molar-refractivity contribution is 6.95. The molecule has 0 aliphatic heterocycles. The monoisotopic (exact) mass is 241 g/mol. The van der Waals surface area contributed by atoms with Crippen LogP contribution in [0.1, 0.15) is 5.56 Å². The van der Waals surface area contributed by atoms with Gasteiger partial charge in [0.2, 0.25) is 0 Å². The molecule has 1 rings (SSSR count). The van der Waals surface area contributed by atoms with Crippen LogP contribution in [0.15, 0.2) is 29.3 Å². The van der Waals surface area contributed by atoms with E-state index in [1.807, 2.05) is 0 Å². The maximum Gasteiger partial charge on any atom is 0.416 e. The molecule has 0 radical (unpaired) electrons. The van der Waals surface area contributed by atoms with Gasteiger partial charge in [0.05, 0.1) is 11.3 Å². The fourth-order valence-electron chi connectivity index (χ4n) is 0.849. The van der Waals surface area contributed by atoms with Crippen LogP contribution >= 0.6 is 23.2 Å². The van der Waals surface area contributed by atoms with Crippen molar-refractivity contribution in [3.63, 3.8) is 0 Å². The molecule has 0 N–H and O–H groups in total. The molecule has 76 valence electrons. The van der Waals surface area contributed by atoms with Crippen LogP contribution in [0.3, 0.4) is 0 Å². The van der Waals surface area contributed by atoms with E-state index in [1.165, 1.54) is 12.1 Å². The molecule has 0 aromatic heterocycles. The fraction of sp³-hybridized carbons (Fsp3) is 0.125. The summed E-state index contributed by atoms with van der Waals surface area (Å²) < 4.78 is 36.2. The first-order valence-corrected chi connectivity index (χ1v) is 4.22. The number of hydrogen-bond acceptors (Lipinski definition) is 1. The smallest absolute Gasteiger partial charge is 0.225 e. The van der Waals surface area contributed by atoms with Gasteiger partial charge in [-0.15, -0.1) is 0 Å². The Bertz CT molecular complexity index is 356. The highest BCUT2D eigenvalue weighted by Crippen LogP contribution is 2.31. The van der Waals surface area contributed by atoms with Gasteiger partial charge in [0.1, 0.15) is 0 Å². The second-order valence-corrected chi connectivity index (χ2v) is 3.31. The molecule has 0 saturated carbocycles. The Morgan fingerprint density at radius 2 is 1.86 bits per heavy atom. The van der Waals surface area contributed by atoms with E-state index in [0.717, 1.165) is 12.1 Å². The van der Waals surface area contributed by atoms with Gasteiger partial charge < -0.3 is 0 Å². The number of nitrogens with zero attached hydrogens (tertiary/aromatic N) is 1. The molecule has 0 unspecified atom stereocenters. The predicted octanol–water partition coefficient (Wildman–Crippen LogP) is 4.17. The lowest BCUT2D eigenvalue weighted by Gasteiger charge is -2.06. The zero-order chi connectivity index (χ0) is 10.8. The van der Waals surface area contributed by atoms with E-state index < -0.39 is 11.7 Å². The average molecular weight is 242 g/mol. The van der Waals surface area contributed by atoms with Crippen LogP contribution in [0.25, 0.3) is 0 Å². The third kappa shape index (κ3) is 3.20. The number of rotatable bonds is 1. The highest BCUT2D eigenvalue weighted by atomic mass is 35.5. The summed E-state index contributed by atoms with van der Waals surface area (Å²) in [5.41, 5.74) is -0.715. The van der Waals surface area contributed by atoms with Crippen molar-refractivity contribution in [3.05, 3.63) is 29.8 Å². The number of halogens is 5. The molecular weight excluding hydrogens is 238 g/mol. The summed E-state index contributed by atoms with van der Waals surface area (Å²) in [5.74, 6) is 0. The van der Waals surface area contributed by atoms with Gasteiger partial charge in [-0.1, -0.05) is 6.07 Å². The summed E-state index contributed by atoms with van der Waals surface area (Å²) in [6.45, 7) is 0. The van der Waals surface area contributed by atoms with E-state index in [9.17, 15) is 13.2 Å². The van der Waals surface area contributed by atoms with Crippen molar-refractivity contribution in [1.29, 1.82) is 0 Å². The van der Waals surface area contributed by atoms with Crippen molar-refractivity contribution < 1.29 is 13.2 Å². The van der Waals surface area contributed by atoms with Crippen LogP contribution in [0, 0.1) is 0 Å². The molecule has 6 heteroatoms. The minimum atomic E-state index is -4.38. The molecule has 0 saturated heterocycles. The standard InChI is InChI=1S/C8H4Cl2F3N/c9-7(10)14-6-3-1-2-5(4-6)8(11,12)13/h1-4H. The van der Waals surface area contributed by atoms with E-state index in [2.05, 4.69) is 4.99 Å². The number of alkyl halides is 3. The molecule has 1 aromatic carbocycles. The molecule has 0 aliphatic carbocycles. The lowest BCUT2D eigenvalue weighted by Crippen LogP contribution is -2.03. The number of benzene rings is 1. The van der Waals surface area contributed by atoms with Gasteiger partial charge >= 0.3 is 6.18 Å². The van der Waals surface area contributed by atoms with Crippen molar-refractivity contribution in [2.24, 2.45) is 4.99 Å². The predicted molar refractivity (Wildman–Crippen MR) is 50.2 cm³/mol. The highest BCUT2D eigenvalue weighted by Gasteiger charge is 2.30. The summed E-state index contributed by atoms with van der Waals surface area (Å²) in [4.78, 5) is 3.48. The van der Waals surface area contributed by atoms with Gasteiger partial charge in [-0.3, -0.25) is 0 Å². The minimum Gasteiger partial charge on any atom is -0.225 e. The summed E-state index contributed by atoms with van der Waals surface area (Å²) in [6, 6.07) is 4.42. The van der Waals surface area contributed by atoms with Gasteiger partial charge in [-0.2, -0.15) is 13.2 Å². The molecule has 0 atom stereocenters. The molecule has 0 fully saturated rings. The molecule has 0 bridgehead atoms. The molecule has 0 heterocycles. The minimum absolute atomic E-state index is 0.0693. The molecule has 0 aliphatic rings. The van der Waals surface area contributed by atoms with Crippen molar-refractivity contribution >= 4 is 33.5 Å². The Morgan fingerprint density at radius 1 is 1.21 bits per heavy atom. The van der Waals surface area contributed by atoms with Gasteiger partial charge in [-0.25, -0.2) is 4.99 Å². The van der Waals surface area contributed by atoms with Crippen molar-refractivity contribution in [3.8, 4) is 0 Å². The summed E-state index contributed by atoms with van der Waals surface area (Å²) in [7, 11) is 0. The van der Waals surface area contributed by atoms with Gasteiger partial charge in [0.25, 0.3) is 0 Å². The largest absolute Gasteiger partial charge is 0.416 e. The summed E-state index contributed by atoms with van der Waals surface area (Å²) in [5, 5.41) is 0. The quantitative estimate of drug-likeness (QED) is 0.655. The SMILES string of the molecule is FC(F)(F)c1cccc(N=C(Cl)Cl)c1.